The summed E-state index contributed by atoms with van der Waals surface area (Å²) in [6.07, 6.45) is 4.39. The number of hydrogen-bond donors (Lipinski definition) is 3. The van der Waals surface area contributed by atoms with Gasteiger partial charge in [0.05, 0.1) is 11.1 Å². The number of nitrogens with one attached hydrogen (secondary N) is 1. The molecule has 0 aliphatic rings. The van der Waals surface area contributed by atoms with Crippen molar-refractivity contribution < 1.29 is 5.11 Å². The van der Waals surface area contributed by atoms with Gasteiger partial charge >= 0.3 is 0 Å². The van der Waals surface area contributed by atoms with Crippen LogP contribution >= 0.6 is 0 Å². The van der Waals surface area contributed by atoms with Crippen LogP contribution in [0.3, 0.4) is 0 Å². The van der Waals surface area contributed by atoms with Crippen molar-refractivity contribution in [2.45, 2.75) is 19.4 Å². The summed E-state index contributed by atoms with van der Waals surface area (Å²) in [5, 5.41) is 14.8. The molecule has 0 unspecified atom stereocenters. The van der Waals surface area contributed by atoms with Crippen molar-refractivity contribution in [3.63, 3.8) is 0 Å². The lowest BCUT2D eigenvalue weighted by molar-refractivity contribution is 0.477. The maximum Gasteiger partial charge on any atom is 0.165 e. The van der Waals surface area contributed by atoms with Crippen molar-refractivity contribution in [2.24, 2.45) is 5.73 Å². The van der Waals surface area contributed by atoms with Crippen molar-refractivity contribution >= 4 is 16.7 Å². The van der Waals surface area contributed by atoms with Gasteiger partial charge in [-0.3, -0.25) is 4.98 Å². The van der Waals surface area contributed by atoms with Crippen LogP contribution in [0, 0.1) is 0 Å². The van der Waals surface area contributed by atoms with Gasteiger partial charge in [0.2, 0.25) is 0 Å². The maximum atomic E-state index is 10.5. The van der Waals surface area contributed by atoms with E-state index in [9.17, 15) is 5.11 Å². The van der Waals surface area contributed by atoms with Crippen molar-refractivity contribution in [2.75, 3.05) is 11.9 Å². The average molecular weight is 385 g/mol. The molecule has 4 N–H and O–H groups in total. The minimum absolute atomic E-state index is 0.0366. The van der Waals surface area contributed by atoms with E-state index in [2.05, 4.69) is 17.2 Å². The number of benzene rings is 2. The molecule has 0 spiro atoms. The lowest BCUT2D eigenvalue weighted by atomic mass is 10.0. The SMILES string of the molecule is CC[C@@H](N)CNc1nc(-c2cc(-c3cccnc3)ccc2O)nc2ccccc12. The summed E-state index contributed by atoms with van der Waals surface area (Å²) in [6.45, 7) is 2.66. The third kappa shape index (κ3) is 4.02. The zero-order valence-electron chi connectivity index (χ0n) is 16.2. The third-order valence-corrected chi connectivity index (χ3v) is 4.89. The molecule has 2 aromatic heterocycles. The number of rotatable bonds is 6. The zero-order chi connectivity index (χ0) is 20.2. The molecule has 2 aromatic carbocycles. The smallest absolute Gasteiger partial charge is 0.165 e. The number of aromatic nitrogens is 3. The molecule has 0 saturated heterocycles. The molecule has 0 aliphatic carbocycles. The second-order valence-electron chi connectivity index (χ2n) is 6.94. The van der Waals surface area contributed by atoms with Crippen LogP contribution < -0.4 is 11.1 Å². The quantitative estimate of drug-likeness (QED) is 0.460. The summed E-state index contributed by atoms with van der Waals surface area (Å²) >= 11 is 0. The van der Waals surface area contributed by atoms with Crippen LogP contribution in [0.25, 0.3) is 33.4 Å². The Balaban J connectivity index is 1.81. The first kappa shape index (κ1) is 18.8. The second kappa shape index (κ2) is 8.24. The third-order valence-electron chi connectivity index (χ3n) is 4.89. The number of anilines is 1. The van der Waals surface area contributed by atoms with E-state index < -0.39 is 0 Å². The van der Waals surface area contributed by atoms with Crippen molar-refractivity contribution in [1.29, 1.82) is 0 Å². The van der Waals surface area contributed by atoms with Crippen LogP contribution in [0.1, 0.15) is 13.3 Å². The molecule has 0 fully saturated rings. The largest absolute Gasteiger partial charge is 0.507 e. The van der Waals surface area contributed by atoms with Crippen LogP contribution in [-0.2, 0) is 0 Å². The van der Waals surface area contributed by atoms with Gasteiger partial charge in [-0.05, 0) is 42.3 Å². The highest BCUT2D eigenvalue weighted by atomic mass is 16.3. The highest BCUT2D eigenvalue weighted by Crippen LogP contribution is 2.33. The van der Waals surface area contributed by atoms with Crippen molar-refractivity contribution in [1.82, 2.24) is 15.0 Å². The second-order valence-corrected chi connectivity index (χ2v) is 6.94. The molecule has 0 radical (unpaired) electrons. The summed E-state index contributed by atoms with van der Waals surface area (Å²) in [6, 6.07) is 17.1. The Kier molecular flexibility index (Phi) is 5.35. The first-order valence-corrected chi connectivity index (χ1v) is 9.65. The molecule has 0 saturated carbocycles. The molecule has 6 nitrogen and oxygen atoms in total. The number of para-hydroxylation sites is 1. The number of phenols is 1. The number of pyridine rings is 1. The number of phenolic OH excluding ortho intramolecular Hbond substituents is 1. The van der Waals surface area contributed by atoms with E-state index in [0.717, 1.165) is 28.5 Å². The summed E-state index contributed by atoms with van der Waals surface area (Å²) in [4.78, 5) is 13.6. The lowest BCUT2D eigenvalue weighted by Crippen LogP contribution is -2.28. The Morgan fingerprint density at radius 1 is 1.03 bits per heavy atom. The number of aromatic hydroxyl groups is 1. The van der Waals surface area contributed by atoms with Gasteiger partial charge in [-0.25, -0.2) is 9.97 Å². The van der Waals surface area contributed by atoms with Crippen LogP contribution in [0.15, 0.2) is 67.0 Å². The molecule has 146 valence electrons. The fourth-order valence-corrected chi connectivity index (χ4v) is 3.13. The first-order chi connectivity index (χ1) is 14.2. The Morgan fingerprint density at radius 2 is 1.90 bits per heavy atom. The Morgan fingerprint density at radius 3 is 2.69 bits per heavy atom. The minimum Gasteiger partial charge on any atom is -0.507 e. The Hall–Kier alpha value is -3.51. The molecule has 29 heavy (non-hydrogen) atoms. The zero-order valence-corrected chi connectivity index (χ0v) is 16.2. The molecule has 6 heteroatoms. The van der Waals surface area contributed by atoms with E-state index >= 15 is 0 Å². The predicted octanol–water partition coefficient (Wildman–Crippen LogP) is 4.21. The van der Waals surface area contributed by atoms with Gasteiger partial charge < -0.3 is 16.2 Å². The highest BCUT2D eigenvalue weighted by Gasteiger charge is 2.14. The van der Waals surface area contributed by atoms with E-state index in [1.165, 1.54) is 0 Å². The van der Waals surface area contributed by atoms with Gasteiger partial charge in [0.15, 0.2) is 5.82 Å². The van der Waals surface area contributed by atoms with Gasteiger partial charge in [-0.1, -0.05) is 31.2 Å². The topological polar surface area (TPSA) is 97.0 Å². The highest BCUT2D eigenvalue weighted by molar-refractivity contribution is 5.91. The predicted molar refractivity (Wildman–Crippen MR) is 117 cm³/mol. The first-order valence-electron chi connectivity index (χ1n) is 9.65. The van der Waals surface area contributed by atoms with Crippen molar-refractivity contribution in [3.05, 3.63) is 67.0 Å². The van der Waals surface area contributed by atoms with Gasteiger partial charge in [0, 0.05) is 35.9 Å². The summed E-state index contributed by atoms with van der Waals surface area (Å²) in [7, 11) is 0. The van der Waals surface area contributed by atoms with E-state index in [-0.39, 0.29) is 11.8 Å². The number of hydrogen-bond acceptors (Lipinski definition) is 6. The fourth-order valence-electron chi connectivity index (χ4n) is 3.13. The van der Waals surface area contributed by atoms with E-state index in [1.54, 1.807) is 18.5 Å². The lowest BCUT2D eigenvalue weighted by Gasteiger charge is -2.14. The van der Waals surface area contributed by atoms with Crippen LogP contribution in [-0.4, -0.2) is 32.6 Å². The molecule has 4 rings (SSSR count). The summed E-state index contributed by atoms with van der Waals surface area (Å²) in [5.41, 5.74) is 9.34. The molecular formula is C23H23N5O. The minimum atomic E-state index is 0.0366. The van der Waals surface area contributed by atoms with Gasteiger partial charge in [-0.2, -0.15) is 0 Å². The Bertz CT molecular complexity index is 1130. The molecule has 1 atom stereocenters. The molecule has 0 amide bonds. The monoisotopic (exact) mass is 385 g/mol. The van der Waals surface area contributed by atoms with E-state index in [0.29, 0.717) is 23.8 Å². The molecule has 4 aromatic rings. The van der Waals surface area contributed by atoms with E-state index in [1.807, 2.05) is 48.5 Å². The van der Waals surface area contributed by atoms with Gasteiger partial charge in [-0.15, -0.1) is 0 Å². The van der Waals surface area contributed by atoms with Gasteiger partial charge in [0.25, 0.3) is 0 Å². The van der Waals surface area contributed by atoms with Gasteiger partial charge in [0.1, 0.15) is 11.6 Å². The van der Waals surface area contributed by atoms with Crippen molar-refractivity contribution in [3.8, 4) is 28.3 Å². The summed E-state index contributed by atoms with van der Waals surface area (Å²) in [5.74, 6) is 1.30. The molecule has 2 heterocycles. The van der Waals surface area contributed by atoms with Crippen LogP contribution in [0.5, 0.6) is 5.75 Å². The number of fused-ring (bicyclic) bond motifs is 1. The summed E-state index contributed by atoms with van der Waals surface area (Å²) < 4.78 is 0. The molecule has 0 bridgehead atoms. The standard InChI is InChI=1S/C23H23N5O/c1-2-17(24)14-26-22-18-7-3-4-8-20(18)27-23(28-22)19-12-15(9-10-21(19)29)16-6-5-11-25-13-16/h3-13,17,29H,2,14,24H2,1H3,(H,26,27,28)/t17-/m1/s1. The fraction of sp³-hybridized carbons (Fsp3) is 0.174. The normalized spacial score (nSPS) is 12.1. The van der Waals surface area contributed by atoms with Crippen LogP contribution in [0.4, 0.5) is 5.82 Å². The maximum absolute atomic E-state index is 10.5. The number of nitrogens with zero attached hydrogens (tertiary/aromatic N) is 3. The number of nitrogens with two attached hydrogens (primary N) is 1. The average Bonchev–Trinajstić information content (AvgIpc) is 2.78. The Labute approximate surface area is 169 Å². The van der Waals surface area contributed by atoms with E-state index in [4.69, 9.17) is 15.7 Å². The molecular weight excluding hydrogens is 362 g/mol. The molecule has 0 aliphatic heterocycles. The van der Waals surface area contributed by atoms with Crippen LogP contribution in [0.2, 0.25) is 0 Å².